The molecule has 14 nitrogen and oxygen atoms in total. The van der Waals surface area contributed by atoms with Crippen molar-refractivity contribution < 1.29 is 32.2 Å². The molecule has 1 saturated carbocycles. The minimum Gasteiger partial charge on any atom is -0.489 e. The zero-order valence-electron chi connectivity index (χ0n) is 31.3. The normalized spacial score (nSPS) is 13.7. The molecule has 0 amide bonds. The van der Waals surface area contributed by atoms with Crippen LogP contribution in [0.15, 0.2) is 67.7 Å². The number of nitrogens with zero attached hydrogens (tertiary/aromatic N) is 6. The number of aromatic nitrogens is 5. The van der Waals surface area contributed by atoms with E-state index in [-0.39, 0.29) is 24.0 Å². The quantitative estimate of drug-likeness (QED) is 0.216. The number of carbonyl (C=O) groups excluding carboxylic acids is 1. The fourth-order valence-corrected chi connectivity index (χ4v) is 6.04. The van der Waals surface area contributed by atoms with Crippen molar-refractivity contribution in [3.8, 4) is 17.2 Å². The molecule has 0 saturated heterocycles. The molecule has 1 aliphatic carbocycles. The molecule has 17 heteroatoms. The van der Waals surface area contributed by atoms with Gasteiger partial charge in [-0.1, -0.05) is 38.3 Å². The number of carbonyl (C=O) groups is 1. The molecule has 2 aromatic heterocycles. The van der Waals surface area contributed by atoms with Crippen LogP contribution in [0.1, 0.15) is 68.8 Å². The topological polar surface area (TPSA) is 149 Å². The summed E-state index contributed by atoms with van der Waals surface area (Å²) in [5.74, 6) is 0.715. The van der Waals surface area contributed by atoms with E-state index in [1.807, 2.05) is 25.1 Å². The highest BCUT2D eigenvalue weighted by Gasteiger charge is 2.35. The lowest BCUT2D eigenvalue weighted by Gasteiger charge is -2.24. The Kier molecular flexibility index (Phi) is 13.3. The van der Waals surface area contributed by atoms with E-state index < -0.39 is 40.9 Å². The zero-order valence-corrected chi connectivity index (χ0v) is 31.3. The second-order valence-electron chi connectivity index (χ2n) is 13.0. The first-order valence-corrected chi connectivity index (χ1v) is 17.3. The number of rotatable bonds is 10. The van der Waals surface area contributed by atoms with Gasteiger partial charge in [-0.05, 0) is 62.1 Å². The van der Waals surface area contributed by atoms with Crippen LogP contribution in [0.2, 0.25) is 0 Å². The summed E-state index contributed by atoms with van der Waals surface area (Å²) in [7, 11) is 7.41. The Bertz CT molecular complexity index is 2180. The molecular formula is C37H45F3N6O8. The number of hydrogen-bond donors (Lipinski definition) is 0. The number of hydrogen-bond acceptors (Lipinski definition) is 10. The van der Waals surface area contributed by atoms with Crippen LogP contribution in [-0.2, 0) is 42.8 Å². The van der Waals surface area contributed by atoms with Crippen LogP contribution < -0.4 is 37.0 Å². The maximum Gasteiger partial charge on any atom is 0.431 e. The Morgan fingerprint density at radius 2 is 1.59 bits per heavy atom. The maximum absolute atomic E-state index is 13.1. The molecule has 1 aliphatic rings. The molecule has 1 atom stereocenters. The van der Waals surface area contributed by atoms with E-state index in [4.69, 9.17) is 14.2 Å². The number of esters is 1. The third-order valence-electron chi connectivity index (χ3n) is 9.01. The van der Waals surface area contributed by atoms with Crippen LogP contribution in [0.25, 0.3) is 5.69 Å². The van der Waals surface area contributed by atoms with Gasteiger partial charge in [-0.25, -0.2) is 28.3 Å². The van der Waals surface area contributed by atoms with Crippen LogP contribution in [-0.4, -0.2) is 56.5 Å². The zero-order chi connectivity index (χ0) is 39.9. The summed E-state index contributed by atoms with van der Waals surface area (Å²) < 4.78 is 59.2. The Hall–Kier alpha value is -5.61. The van der Waals surface area contributed by atoms with Crippen molar-refractivity contribution in [1.29, 1.82) is 0 Å². The predicted octanol–water partition coefficient (Wildman–Crippen LogP) is 4.15. The van der Waals surface area contributed by atoms with Gasteiger partial charge in [0.05, 0.1) is 12.8 Å². The monoisotopic (exact) mass is 758 g/mol. The molecule has 54 heavy (non-hydrogen) atoms. The summed E-state index contributed by atoms with van der Waals surface area (Å²) in [6, 6.07) is 11.7. The summed E-state index contributed by atoms with van der Waals surface area (Å²) in [6.45, 7) is 3.63. The lowest BCUT2D eigenvalue weighted by molar-refractivity contribution is -0.148. The Labute approximate surface area is 309 Å². The van der Waals surface area contributed by atoms with Crippen molar-refractivity contribution in [2.24, 2.45) is 14.1 Å². The van der Waals surface area contributed by atoms with Gasteiger partial charge in [0.25, 0.3) is 5.56 Å². The van der Waals surface area contributed by atoms with Gasteiger partial charge in [0.15, 0.2) is 6.10 Å². The Morgan fingerprint density at radius 1 is 0.944 bits per heavy atom. The second kappa shape index (κ2) is 17.5. The number of ether oxygens (including phenoxy) is 3. The van der Waals surface area contributed by atoms with Crippen molar-refractivity contribution >= 4 is 11.9 Å². The molecule has 1 fully saturated rings. The van der Waals surface area contributed by atoms with Crippen LogP contribution in [0.3, 0.4) is 0 Å². The van der Waals surface area contributed by atoms with Gasteiger partial charge in [-0.3, -0.25) is 13.9 Å². The Balaban J connectivity index is 0.000000301. The fourth-order valence-electron chi connectivity index (χ4n) is 6.04. The Morgan fingerprint density at radius 3 is 2.17 bits per heavy atom. The molecule has 292 valence electrons. The molecule has 5 rings (SSSR count). The van der Waals surface area contributed by atoms with Gasteiger partial charge in [0.2, 0.25) is 5.95 Å². The van der Waals surface area contributed by atoms with E-state index in [0.29, 0.717) is 38.2 Å². The number of anilines is 1. The number of benzene rings is 2. The summed E-state index contributed by atoms with van der Waals surface area (Å²) in [6.07, 6.45) is 0.242. The molecular weight excluding hydrogens is 713 g/mol. The smallest absolute Gasteiger partial charge is 0.431 e. The first-order chi connectivity index (χ1) is 25.5. The average Bonchev–Trinajstić information content (AvgIpc) is 3.14. The average molecular weight is 759 g/mol. The van der Waals surface area contributed by atoms with E-state index in [2.05, 4.69) is 4.98 Å². The van der Waals surface area contributed by atoms with E-state index in [1.165, 1.54) is 46.9 Å². The van der Waals surface area contributed by atoms with Crippen molar-refractivity contribution in [2.75, 3.05) is 26.1 Å². The summed E-state index contributed by atoms with van der Waals surface area (Å²) in [5.41, 5.74) is -2.48. The number of halogens is 3. The largest absolute Gasteiger partial charge is 0.489 e. The van der Waals surface area contributed by atoms with Gasteiger partial charge in [-0.15, -0.1) is 0 Å². The van der Waals surface area contributed by atoms with E-state index >= 15 is 0 Å². The van der Waals surface area contributed by atoms with Crippen molar-refractivity contribution in [1.82, 2.24) is 23.3 Å². The van der Waals surface area contributed by atoms with E-state index in [1.54, 1.807) is 33.0 Å². The second-order valence-corrected chi connectivity index (χ2v) is 13.0. The lowest BCUT2D eigenvalue weighted by atomic mass is 9.95. The van der Waals surface area contributed by atoms with E-state index in [0.717, 1.165) is 44.7 Å². The first kappa shape index (κ1) is 41.2. The third kappa shape index (κ3) is 9.48. The summed E-state index contributed by atoms with van der Waals surface area (Å²) in [5, 5.41) is 0. The molecule has 0 N–H and O–H groups in total. The highest BCUT2D eigenvalue weighted by molar-refractivity contribution is 5.74. The molecule has 0 radical (unpaired) electrons. The number of alkyl halides is 3. The molecule has 4 aromatic rings. The summed E-state index contributed by atoms with van der Waals surface area (Å²) >= 11 is 0. The lowest BCUT2D eigenvalue weighted by Crippen LogP contribution is -2.45. The highest BCUT2D eigenvalue weighted by atomic mass is 19.4. The van der Waals surface area contributed by atoms with Crippen LogP contribution in [0, 0.1) is 0 Å². The SMILES string of the molecule is CCc1ccc(COc2ccc(-n3c(=O)cc(C(F)(F)F)n(C)c3=O)cc2)c(OC(C)C(=O)OC)c1.CN(C)c1nc(=O)n(C2CCCCC2)c(=O)n1C. The molecule has 0 aliphatic heterocycles. The standard InChI is InChI=1S/C25H25F3N2O6.C12H20N4O2/c1-5-16-6-7-17(20(12-16)36-15(2)23(32)34-4)14-35-19-10-8-18(9-11-19)30-22(31)13-21(25(26,27)28)29(3)24(30)33;1-14(2)10-13-11(17)16(12(18)15(10)3)9-7-5-4-6-8-9/h6-13,15H,5,14H2,1-4H3;9H,4-8H2,1-3H3. The number of methoxy groups -OCH3 is 1. The molecule has 0 bridgehead atoms. The van der Waals surface area contributed by atoms with Crippen molar-refractivity contribution in [3.63, 3.8) is 0 Å². The predicted molar refractivity (Wildman–Crippen MR) is 195 cm³/mol. The van der Waals surface area contributed by atoms with Crippen LogP contribution in [0.4, 0.5) is 19.1 Å². The molecule has 1 unspecified atom stereocenters. The van der Waals surface area contributed by atoms with E-state index in [9.17, 15) is 37.1 Å². The molecule has 0 spiro atoms. The minimum absolute atomic E-state index is 0.0219. The summed E-state index contributed by atoms with van der Waals surface area (Å²) in [4.78, 5) is 66.5. The maximum atomic E-state index is 13.1. The highest BCUT2D eigenvalue weighted by Crippen LogP contribution is 2.28. The minimum atomic E-state index is -4.84. The molecule has 2 aromatic carbocycles. The molecule has 2 heterocycles. The third-order valence-corrected chi connectivity index (χ3v) is 9.01. The van der Waals surface area contributed by atoms with Gasteiger partial charge in [0.1, 0.15) is 23.8 Å². The van der Waals surface area contributed by atoms with Gasteiger partial charge < -0.3 is 19.1 Å². The van der Waals surface area contributed by atoms with Gasteiger partial charge in [0, 0.05) is 45.9 Å². The van der Waals surface area contributed by atoms with Crippen molar-refractivity contribution in [2.45, 2.75) is 77.3 Å². The van der Waals surface area contributed by atoms with Crippen LogP contribution in [0.5, 0.6) is 11.5 Å². The fraction of sp³-hybridized carbons (Fsp3) is 0.459. The van der Waals surface area contributed by atoms with Crippen molar-refractivity contribution in [3.05, 3.63) is 107 Å². The first-order valence-electron chi connectivity index (χ1n) is 17.3. The van der Waals surface area contributed by atoms with Gasteiger partial charge in [-0.2, -0.15) is 18.2 Å². The van der Waals surface area contributed by atoms with Gasteiger partial charge >= 0.3 is 29.2 Å². The van der Waals surface area contributed by atoms with Crippen LogP contribution >= 0.6 is 0 Å². The number of aryl methyl sites for hydroxylation is 1.